The summed E-state index contributed by atoms with van der Waals surface area (Å²) >= 11 is 6.07. The first-order chi connectivity index (χ1) is 6.81. The third-order valence-electron chi connectivity index (χ3n) is 2.55. The lowest BCUT2D eigenvalue weighted by atomic mass is 10.1. The van der Waals surface area contributed by atoms with Crippen molar-refractivity contribution < 1.29 is 0 Å². The number of anilines is 2. The predicted molar refractivity (Wildman–Crippen MR) is 60.1 cm³/mol. The maximum absolute atomic E-state index is 6.07. The number of nitrogens with zero attached hydrogens (tertiary/aromatic N) is 1. The lowest BCUT2D eigenvalue weighted by Crippen LogP contribution is -2.18. The lowest BCUT2D eigenvalue weighted by molar-refractivity contribution is 0.661. The molecule has 1 aliphatic rings. The standard InChI is InChI=1S/C10H14ClN3/c1-2-7-3-4-13-9-6-12-5-8(11)10(9)14-7/h5-7,13-14H,2-4H2,1H3. The summed E-state index contributed by atoms with van der Waals surface area (Å²) in [7, 11) is 0. The third-order valence-corrected chi connectivity index (χ3v) is 2.84. The van der Waals surface area contributed by atoms with Crippen molar-refractivity contribution in [3.05, 3.63) is 17.4 Å². The van der Waals surface area contributed by atoms with Gasteiger partial charge in [-0.2, -0.15) is 0 Å². The second-order valence-electron chi connectivity index (χ2n) is 3.51. The van der Waals surface area contributed by atoms with Crippen LogP contribution in [0.15, 0.2) is 12.4 Å². The van der Waals surface area contributed by atoms with E-state index in [1.54, 1.807) is 6.20 Å². The van der Waals surface area contributed by atoms with Crippen molar-refractivity contribution >= 4 is 23.0 Å². The van der Waals surface area contributed by atoms with E-state index < -0.39 is 0 Å². The highest BCUT2D eigenvalue weighted by Crippen LogP contribution is 2.32. The molecule has 0 saturated heterocycles. The van der Waals surface area contributed by atoms with E-state index in [9.17, 15) is 0 Å². The molecule has 3 nitrogen and oxygen atoms in total. The number of pyridine rings is 1. The molecule has 0 radical (unpaired) electrons. The number of nitrogens with one attached hydrogen (secondary N) is 2. The third kappa shape index (κ3) is 1.77. The fourth-order valence-corrected chi connectivity index (χ4v) is 1.89. The van der Waals surface area contributed by atoms with Gasteiger partial charge < -0.3 is 10.6 Å². The Morgan fingerprint density at radius 1 is 1.57 bits per heavy atom. The molecule has 0 aliphatic carbocycles. The quantitative estimate of drug-likeness (QED) is 0.750. The zero-order valence-electron chi connectivity index (χ0n) is 8.18. The van der Waals surface area contributed by atoms with Crippen LogP contribution in [-0.4, -0.2) is 17.6 Å². The summed E-state index contributed by atoms with van der Waals surface area (Å²) in [5.41, 5.74) is 2.00. The van der Waals surface area contributed by atoms with Gasteiger partial charge >= 0.3 is 0 Å². The van der Waals surface area contributed by atoms with E-state index >= 15 is 0 Å². The van der Waals surface area contributed by atoms with Crippen LogP contribution in [0.5, 0.6) is 0 Å². The molecule has 1 aromatic rings. The molecule has 1 unspecified atom stereocenters. The van der Waals surface area contributed by atoms with Gasteiger partial charge in [0, 0.05) is 18.8 Å². The smallest absolute Gasteiger partial charge is 0.0842 e. The van der Waals surface area contributed by atoms with Crippen LogP contribution in [0.1, 0.15) is 19.8 Å². The molecule has 1 aromatic heterocycles. The Labute approximate surface area is 88.9 Å². The summed E-state index contributed by atoms with van der Waals surface area (Å²) in [5, 5.41) is 7.45. The van der Waals surface area contributed by atoms with Crippen molar-refractivity contribution in [3.63, 3.8) is 0 Å². The number of hydrogen-bond donors (Lipinski definition) is 2. The number of aromatic nitrogens is 1. The van der Waals surface area contributed by atoms with Crippen molar-refractivity contribution in [2.75, 3.05) is 17.2 Å². The summed E-state index contributed by atoms with van der Waals surface area (Å²) in [4.78, 5) is 4.06. The largest absolute Gasteiger partial charge is 0.382 e. The van der Waals surface area contributed by atoms with E-state index in [1.165, 1.54) is 0 Å². The summed E-state index contributed by atoms with van der Waals surface area (Å²) in [5.74, 6) is 0. The Kier molecular flexibility index (Phi) is 2.77. The zero-order valence-corrected chi connectivity index (χ0v) is 8.93. The molecular formula is C10H14ClN3. The van der Waals surface area contributed by atoms with Crippen LogP contribution in [-0.2, 0) is 0 Å². The minimum absolute atomic E-state index is 0.503. The summed E-state index contributed by atoms with van der Waals surface area (Å²) in [6, 6.07) is 0.503. The first-order valence-electron chi connectivity index (χ1n) is 4.95. The minimum atomic E-state index is 0.503. The second-order valence-corrected chi connectivity index (χ2v) is 3.92. The van der Waals surface area contributed by atoms with Gasteiger partial charge in [0.2, 0.25) is 0 Å². The summed E-state index contributed by atoms with van der Waals surface area (Å²) < 4.78 is 0. The van der Waals surface area contributed by atoms with Crippen LogP contribution in [0.25, 0.3) is 0 Å². The molecular weight excluding hydrogens is 198 g/mol. The maximum Gasteiger partial charge on any atom is 0.0842 e. The van der Waals surface area contributed by atoms with Crippen molar-refractivity contribution in [1.29, 1.82) is 0 Å². The Balaban J connectivity index is 2.33. The first-order valence-corrected chi connectivity index (χ1v) is 5.33. The summed E-state index contributed by atoms with van der Waals surface area (Å²) in [6.07, 6.45) is 5.71. The van der Waals surface area contributed by atoms with Gasteiger partial charge in [-0.25, -0.2) is 0 Å². The van der Waals surface area contributed by atoms with Crippen LogP contribution < -0.4 is 10.6 Å². The molecule has 2 heterocycles. The van der Waals surface area contributed by atoms with Crippen LogP contribution >= 0.6 is 11.6 Å². The molecule has 14 heavy (non-hydrogen) atoms. The molecule has 2 N–H and O–H groups in total. The molecule has 0 aromatic carbocycles. The van der Waals surface area contributed by atoms with Crippen LogP contribution in [0.2, 0.25) is 5.02 Å². The van der Waals surface area contributed by atoms with E-state index in [4.69, 9.17) is 11.6 Å². The fraction of sp³-hybridized carbons (Fsp3) is 0.500. The van der Waals surface area contributed by atoms with Gasteiger partial charge in [0.15, 0.2) is 0 Å². The van der Waals surface area contributed by atoms with Gasteiger partial charge in [0.25, 0.3) is 0 Å². The molecule has 0 bridgehead atoms. The molecule has 1 atom stereocenters. The van der Waals surface area contributed by atoms with Crippen molar-refractivity contribution in [2.45, 2.75) is 25.8 Å². The molecule has 0 spiro atoms. The van der Waals surface area contributed by atoms with Crippen LogP contribution in [0.3, 0.4) is 0 Å². The fourth-order valence-electron chi connectivity index (χ4n) is 1.68. The zero-order chi connectivity index (χ0) is 9.97. The predicted octanol–water partition coefficient (Wildman–Crippen LogP) is 2.74. The SMILES string of the molecule is CCC1CCNc2cncc(Cl)c2N1. The first kappa shape index (κ1) is 9.59. The number of rotatable bonds is 1. The average molecular weight is 212 g/mol. The van der Waals surface area contributed by atoms with Gasteiger partial charge in [-0.1, -0.05) is 18.5 Å². The Hall–Kier alpha value is -0.960. The van der Waals surface area contributed by atoms with Crippen molar-refractivity contribution in [1.82, 2.24) is 4.98 Å². The highest BCUT2D eigenvalue weighted by atomic mass is 35.5. The molecule has 4 heteroatoms. The number of halogens is 1. The van der Waals surface area contributed by atoms with Crippen molar-refractivity contribution in [3.8, 4) is 0 Å². The Bertz CT molecular complexity index is 327. The number of hydrogen-bond acceptors (Lipinski definition) is 3. The van der Waals surface area contributed by atoms with E-state index in [0.29, 0.717) is 11.1 Å². The highest BCUT2D eigenvalue weighted by Gasteiger charge is 2.15. The van der Waals surface area contributed by atoms with Gasteiger partial charge in [-0.05, 0) is 12.8 Å². The van der Waals surface area contributed by atoms with Gasteiger partial charge in [0.05, 0.1) is 22.6 Å². The van der Waals surface area contributed by atoms with Gasteiger partial charge in [-0.3, -0.25) is 4.98 Å². The minimum Gasteiger partial charge on any atom is -0.382 e. The van der Waals surface area contributed by atoms with E-state index in [-0.39, 0.29) is 0 Å². The molecule has 0 saturated carbocycles. The lowest BCUT2D eigenvalue weighted by Gasteiger charge is -2.15. The molecule has 0 amide bonds. The second kappa shape index (κ2) is 4.05. The van der Waals surface area contributed by atoms with Crippen molar-refractivity contribution in [2.24, 2.45) is 0 Å². The molecule has 0 fully saturated rings. The van der Waals surface area contributed by atoms with E-state index in [0.717, 1.165) is 30.8 Å². The highest BCUT2D eigenvalue weighted by molar-refractivity contribution is 6.33. The van der Waals surface area contributed by atoms with E-state index in [2.05, 4.69) is 22.5 Å². The Morgan fingerprint density at radius 2 is 2.43 bits per heavy atom. The monoisotopic (exact) mass is 211 g/mol. The molecule has 1 aliphatic heterocycles. The average Bonchev–Trinajstić information content (AvgIpc) is 2.40. The Morgan fingerprint density at radius 3 is 3.21 bits per heavy atom. The normalized spacial score (nSPS) is 20.3. The molecule has 76 valence electrons. The van der Waals surface area contributed by atoms with Crippen LogP contribution in [0, 0.1) is 0 Å². The van der Waals surface area contributed by atoms with Gasteiger partial charge in [-0.15, -0.1) is 0 Å². The van der Waals surface area contributed by atoms with E-state index in [1.807, 2.05) is 6.20 Å². The molecule has 2 rings (SSSR count). The maximum atomic E-state index is 6.07. The van der Waals surface area contributed by atoms with Gasteiger partial charge in [0.1, 0.15) is 0 Å². The summed E-state index contributed by atoms with van der Waals surface area (Å²) in [6.45, 7) is 3.15. The number of fused-ring (bicyclic) bond motifs is 1. The topological polar surface area (TPSA) is 37.0 Å². The van der Waals surface area contributed by atoms with Crippen LogP contribution in [0.4, 0.5) is 11.4 Å².